The maximum atomic E-state index is 12.9. The zero-order chi connectivity index (χ0) is 10.9. The van der Waals surface area contributed by atoms with Crippen molar-refractivity contribution in [3.05, 3.63) is 33.8 Å². The van der Waals surface area contributed by atoms with Crippen LogP contribution in [0.1, 0.15) is 5.56 Å². The first-order valence-corrected chi connectivity index (χ1v) is 4.18. The minimum absolute atomic E-state index is 0.167. The van der Waals surface area contributed by atoms with Crippen LogP contribution < -0.4 is 0 Å². The van der Waals surface area contributed by atoms with Crippen LogP contribution in [0, 0.1) is 0 Å². The van der Waals surface area contributed by atoms with E-state index in [4.69, 9.17) is 28.3 Å². The number of carboxylic acids is 1. The normalized spacial score (nSPS) is 11.4. The average Bonchev–Trinajstić information content (AvgIpc) is 2.02. The molecule has 0 heterocycles. The van der Waals surface area contributed by atoms with Gasteiger partial charge in [0.2, 0.25) is 0 Å². The second-order valence-electron chi connectivity index (χ2n) is 2.50. The highest BCUT2D eigenvalue weighted by molar-refractivity contribution is 6.35. The van der Waals surface area contributed by atoms with Crippen LogP contribution in [0.25, 0.3) is 0 Å². The second-order valence-corrected chi connectivity index (χ2v) is 3.35. The van der Waals surface area contributed by atoms with Gasteiger partial charge >= 0.3 is 11.9 Å². The van der Waals surface area contributed by atoms with E-state index in [1.54, 1.807) is 0 Å². The van der Waals surface area contributed by atoms with Gasteiger partial charge in [-0.05, 0) is 18.2 Å². The molecule has 1 N–H and O–H groups in total. The SMILES string of the molecule is O=C(O)C(F)(F)c1ccc(Cl)cc1Cl. The molecule has 0 spiro atoms. The van der Waals surface area contributed by atoms with Crippen molar-refractivity contribution >= 4 is 29.2 Å². The third kappa shape index (κ3) is 1.96. The molecule has 6 heteroatoms. The molecular weight excluding hydrogens is 237 g/mol. The smallest absolute Gasteiger partial charge is 0.379 e. The molecule has 1 aromatic rings. The van der Waals surface area contributed by atoms with E-state index in [0.717, 1.165) is 18.2 Å². The van der Waals surface area contributed by atoms with Crippen molar-refractivity contribution in [3.63, 3.8) is 0 Å². The number of carbonyl (C=O) groups is 1. The van der Waals surface area contributed by atoms with Crippen molar-refractivity contribution < 1.29 is 18.7 Å². The predicted molar refractivity (Wildman–Crippen MR) is 48.0 cm³/mol. The van der Waals surface area contributed by atoms with Gasteiger partial charge in [-0.1, -0.05) is 23.2 Å². The van der Waals surface area contributed by atoms with Crippen molar-refractivity contribution in [2.45, 2.75) is 5.92 Å². The molecule has 0 saturated heterocycles. The molecule has 76 valence electrons. The maximum Gasteiger partial charge on any atom is 0.379 e. The summed E-state index contributed by atoms with van der Waals surface area (Å²) in [4.78, 5) is 10.2. The lowest BCUT2D eigenvalue weighted by atomic mass is 10.1. The second kappa shape index (κ2) is 3.71. The van der Waals surface area contributed by atoms with E-state index in [-0.39, 0.29) is 10.0 Å². The minimum Gasteiger partial charge on any atom is -0.477 e. The van der Waals surface area contributed by atoms with E-state index in [2.05, 4.69) is 0 Å². The van der Waals surface area contributed by atoms with Crippen molar-refractivity contribution in [2.75, 3.05) is 0 Å². The first-order valence-electron chi connectivity index (χ1n) is 3.42. The Morgan fingerprint density at radius 3 is 2.36 bits per heavy atom. The molecule has 1 rings (SSSR count). The molecule has 0 saturated carbocycles. The lowest BCUT2D eigenvalue weighted by molar-refractivity contribution is -0.166. The van der Waals surface area contributed by atoms with Gasteiger partial charge in [0.15, 0.2) is 0 Å². The number of hydrogen-bond acceptors (Lipinski definition) is 1. The predicted octanol–water partition coefficient (Wildman–Crippen LogP) is 3.17. The monoisotopic (exact) mass is 240 g/mol. The number of hydrogen-bond donors (Lipinski definition) is 1. The Hall–Kier alpha value is -0.870. The summed E-state index contributed by atoms with van der Waals surface area (Å²) in [5, 5.41) is 8.04. The first-order chi connectivity index (χ1) is 6.35. The lowest BCUT2D eigenvalue weighted by Gasteiger charge is -2.12. The quantitative estimate of drug-likeness (QED) is 0.863. The molecule has 0 amide bonds. The summed E-state index contributed by atoms with van der Waals surface area (Å²) in [5.41, 5.74) is -0.768. The molecule has 2 nitrogen and oxygen atoms in total. The van der Waals surface area contributed by atoms with E-state index in [1.807, 2.05) is 0 Å². The van der Waals surface area contributed by atoms with E-state index in [0.29, 0.717) is 0 Å². The van der Waals surface area contributed by atoms with Crippen molar-refractivity contribution in [1.82, 2.24) is 0 Å². The zero-order valence-electron chi connectivity index (χ0n) is 6.60. The van der Waals surface area contributed by atoms with Gasteiger partial charge in [0.1, 0.15) is 0 Å². The number of carboxylic acid groups (broad SMARTS) is 1. The molecule has 14 heavy (non-hydrogen) atoms. The summed E-state index contributed by atoms with van der Waals surface area (Å²) < 4.78 is 25.9. The Bertz CT molecular complexity index is 380. The summed E-state index contributed by atoms with van der Waals surface area (Å²) in [6, 6.07) is 3.10. The molecule has 0 aromatic heterocycles. The molecule has 0 aliphatic heterocycles. The van der Waals surface area contributed by atoms with Gasteiger partial charge in [-0.25, -0.2) is 4.79 Å². The van der Waals surface area contributed by atoms with Crippen LogP contribution in [0.3, 0.4) is 0 Å². The number of rotatable bonds is 2. The third-order valence-electron chi connectivity index (χ3n) is 1.54. The molecule has 0 aliphatic rings. The summed E-state index contributed by atoms with van der Waals surface area (Å²) >= 11 is 10.9. The summed E-state index contributed by atoms with van der Waals surface area (Å²) in [7, 11) is 0. The Kier molecular flexibility index (Phi) is 2.97. The van der Waals surface area contributed by atoms with Crippen LogP contribution in [0.2, 0.25) is 10.0 Å². The van der Waals surface area contributed by atoms with Gasteiger partial charge in [0, 0.05) is 5.02 Å². The molecule has 0 unspecified atom stereocenters. The van der Waals surface area contributed by atoms with Crippen molar-refractivity contribution in [2.24, 2.45) is 0 Å². The van der Waals surface area contributed by atoms with Gasteiger partial charge in [0.05, 0.1) is 10.6 Å². The number of halogens is 4. The molecule has 0 fully saturated rings. The Balaban J connectivity index is 3.26. The highest BCUT2D eigenvalue weighted by Gasteiger charge is 2.42. The fourth-order valence-corrected chi connectivity index (χ4v) is 1.39. The van der Waals surface area contributed by atoms with Crippen molar-refractivity contribution in [3.8, 4) is 0 Å². The Morgan fingerprint density at radius 1 is 1.36 bits per heavy atom. The Morgan fingerprint density at radius 2 is 1.93 bits per heavy atom. The van der Waals surface area contributed by atoms with Crippen LogP contribution >= 0.6 is 23.2 Å². The molecule has 1 aromatic carbocycles. The lowest BCUT2D eigenvalue weighted by Crippen LogP contribution is -2.25. The summed E-state index contributed by atoms with van der Waals surface area (Å²) in [5.74, 6) is -6.25. The third-order valence-corrected chi connectivity index (χ3v) is 2.09. The van der Waals surface area contributed by atoms with Gasteiger partial charge < -0.3 is 5.11 Å². The van der Waals surface area contributed by atoms with E-state index in [1.165, 1.54) is 0 Å². The number of alkyl halides is 2. The maximum absolute atomic E-state index is 12.9. The molecule has 0 radical (unpaired) electrons. The van der Waals surface area contributed by atoms with Crippen LogP contribution in [0.4, 0.5) is 8.78 Å². The first kappa shape index (κ1) is 11.2. The molecule has 0 atom stereocenters. The van der Waals surface area contributed by atoms with Gasteiger partial charge in [-0.2, -0.15) is 8.78 Å². The highest BCUT2D eigenvalue weighted by Crippen LogP contribution is 2.34. The summed E-state index contributed by atoms with van der Waals surface area (Å²) in [6.07, 6.45) is 0. The van der Waals surface area contributed by atoms with Gasteiger partial charge in [-0.3, -0.25) is 0 Å². The van der Waals surface area contributed by atoms with Crippen molar-refractivity contribution in [1.29, 1.82) is 0 Å². The fourth-order valence-electron chi connectivity index (χ4n) is 0.859. The van der Waals surface area contributed by atoms with E-state index >= 15 is 0 Å². The van der Waals surface area contributed by atoms with E-state index < -0.39 is 17.5 Å². The summed E-state index contributed by atoms with van der Waals surface area (Å²) in [6.45, 7) is 0. The van der Waals surface area contributed by atoms with Crippen LogP contribution in [-0.2, 0) is 10.7 Å². The Labute approximate surface area is 88.1 Å². The van der Waals surface area contributed by atoms with Crippen LogP contribution in [0.15, 0.2) is 18.2 Å². The van der Waals surface area contributed by atoms with Crippen LogP contribution in [0.5, 0.6) is 0 Å². The standard InChI is InChI=1S/C8H4Cl2F2O2/c9-4-1-2-5(6(10)3-4)8(11,12)7(13)14/h1-3H,(H,13,14). The topological polar surface area (TPSA) is 37.3 Å². The highest BCUT2D eigenvalue weighted by atomic mass is 35.5. The zero-order valence-corrected chi connectivity index (χ0v) is 8.11. The average molecular weight is 241 g/mol. The minimum atomic E-state index is -4.00. The largest absolute Gasteiger partial charge is 0.477 e. The molecule has 0 bridgehead atoms. The van der Waals surface area contributed by atoms with Crippen LogP contribution in [-0.4, -0.2) is 11.1 Å². The molecule has 0 aliphatic carbocycles. The fraction of sp³-hybridized carbons (Fsp3) is 0.125. The number of aliphatic carboxylic acids is 1. The van der Waals surface area contributed by atoms with E-state index in [9.17, 15) is 13.6 Å². The van der Waals surface area contributed by atoms with Gasteiger partial charge in [-0.15, -0.1) is 0 Å². The molecular formula is C8H4Cl2F2O2. The van der Waals surface area contributed by atoms with Gasteiger partial charge in [0.25, 0.3) is 0 Å². The number of benzene rings is 1.